The zero-order valence-electron chi connectivity index (χ0n) is 22.6. The van der Waals surface area contributed by atoms with Gasteiger partial charge in [0.2, 0.25) is 5.91 Å². The molecule has 0 radical (unpaired) electrons. The molecular weight excluding hydrogens is 423 g/mol. The number of nitrogens with one attached hydrogen (secondary N) is 1. The molecule has 2 aromatic rings. The maximum absolute atomic E-state index is 14.1. The van der Waals surface area contributed by atoms with E-state index in [9.17, 15) is 9.18 Å². The van der Waals surface area contributed by atoms with Gasteiger partial charge in [-0.25, -0.2) is 4.39 Å². The van der Waals surface area contributed by atoms with Gasteiger partial charge in [0.05, 0.1) is 6.04 Å². The van der Waals surface area contributed by atoms with Crippen molar-refractivity contribution in [2.75, 3.05) is 11.9 Å². The first-order chi connectivity index (χ1) is 16.1. The normalized spacial score (nSPS) is 15.6. The Morgan fingerprint density at radius 1 is 1.15 bits per heavy atom. The van der Waals surface area contributed by atoms with Crippen LogP contribution in [0, 0.1) is 11.2 Å². The molecule has 0 saturated carbocycles. The Balaban J connectivity index is 0.000000493. The number of amides is 1. The first-order valence-corrected chi connectivity index (χ1v) is 12.6. The van der Waals surface area contributed by atoms with Gasteiger partial charge < -0.3 is 5.32 Å². The molecule has 1 heterocycles. The number of benzene rings is 2. The third-order valence-corrected chi connectivity index (χ3v) is 5.39. The minimum atomic E-state index is -0.230. The number of nitrogens with zero attached hydrogens (tertiary/aromatic N) is 1. The third-order valence-electron chi connectivity index (χ3n) is 5.39. The number of anilines is 1. The molecule has 3 rings (SSSR count). The molecule has 0 bridgehead atoms. The summed E-state index contributed by atoms with van der Waals surface area (Å²) >= 11 is 0. The van der Waals surface area contributed by atoms with E-state index < -0.39 is 0 Å². The smallest absolute Gasteiger partial charge is 0.241 e. The van der Waals surface area contributed by atoms with Crippen LogP contribution in [0.5, 0.6) is 0 Å². The van der Waals surface area contributed by atoms with Crippen LogP contribution < -0.4 is 5.32 Å². The molecule has 0 spiro atoms. The molecule has 1 atom stereocenters. The highest BCUT2D eigenvalue weighted by atomic mass is 19.1. The molecule has 2 aromatic carbocycles. The van der Waals surface area contributed by atoms with Gasteiger partial charge in [0.1, 0.15) is 5.82 Å². The first-order valence-electron chi connectivity index (χ1n) is 12.6. The van der Waals surface area contributed by atoms with Crippen molar-refractivity contribution in [1.82, 2.24) is 4.90 Å². The average Bonchev–Trinajstić information content (AvgIpc) is 2.89. The van der Waals surface area contributed by atoms with E-state index in [1.54, 1.807) is 12.1 Å². The lowest BCUT2D eigenvalue weighted by molar-refractivity contribution is -0.121. The van der Waals surface area contributed by atoms with Crippen molar-refractivity contribution in [3.8, 4) is 11.1 Å². The fourth-order valence-corrected chi connectivity index (χ4v) is 4.29. The molecule has 3 nitrogen and oxygen atoms in total. The van der Waals surface area contributed by atoms with Crippen molar-refractivity contribution in [2.45, 2.75) is 87.2 Å². The summed E-state index contributed by atoms with van der Waals surface area (Å²) in [6.07, 6.45) is 2.90. The molecule has 1 N–H and O–H groups in total. The molecule has 188 valence electrons. The molecule has 0 fully saturated rings. The highest BCUT2D eigenvalue weighted by molar-refractivity contribution is 5.96. The maximum Gasteiger partial charge on any atom is 0.241 e. The summed E-state index contributed by atoms with van der Waals surface area (Å²) in [4.78, 5) is 14.7. The summed E-state index contributed by atoms with van der Waals surface area (Å²) in [5.74, 6) is -0.185. The second kappa shape index (κ2) is 14.1. The minimum absolute atomic E-state index is 0.0448. The summed E-state index contributed by atoms with van der Waals surface area (Å²) in [5, 5.41) is 3.03. The van der Waals surface area contributed by atoms with Gasteiger partial charge in [0, 0.05) is 17.8 Å². The number of carbonyl (C=O) groups is 1. The van der Waals surface area contributed by atoms with Crippen LogP contribution in [0.25, 0.3) is 11.1 Å². The third kappa shape index (κ3) is 9.06. The van der Waals surface area contributed by atoms with Gasteiger partial charge in [-0.3, -0.25) is 9.69 Å². The van der Waals surface area contributed by atoms with Gasteiger partial charge in [-0.05, 0) is 67.5 Å². The zero-order chi connectivity index (χ0) is 25.9. The zero-order valence-corrected chi connectivity index (χ0v) is 22.6. The molecule has 1 aliphatic rings. The monoisotopic (exact) mass is 468 g/mol. The number of hydrogen-bond acceptors (Lipinski definition) is 2. The Kier molecular flexibility index (Phi) is 12.2. The van der Waals surface area contributed by atoms with Crippen molar-refractivity contribution in [2.24, 2.45) is 5.41 Å². The van der Waals surface area contributed by atoms with Crippen LogP contribution in [0.1, 0.15) is 80.2 Å². The highest BCUT2D eigenvalue weighted by Gasteiger charge is 2.28. The summed E-state index contributed by atoms with van der Waals surface area (Å²) in [6, 6.07) is 12.4. The van der Waals surface area contributed by atoms with Gasteiger partial charge in [0.15, 0.2) is 0 Å². The van der Waals surface area contributed by atoms with Crippen molar-refractivity contribution < 1.29 is 9.18 Å². The van der Waals surface area contributed by atoms with Gasteiger partial charge in [-0.2, -0.15) is 0 Å². The predicted molar refractivity (Wildman–Crippen MR) is 145 cm³/mol. The summed E-state index contributed by atoms with van der Waals surface area (Å²) in [7, 11) is 0. The maximum atomic E-state index is 14.1. The topological polar surface area (TPSA) is 32.3 Å². The van der Waals surface area contributed by atoms with Gasteiger partial charge in [-0.1, -0.05) is 78.3 Å². The summed E-state index contributed by atoms with van der Waals surface area (Å²) < 4.78 is 14.1. The lowest BCUT2D eigenvalue weighted by Gasteiger charge is -2.26. The second-order valence-corrected chi connectivity index (χ2v) is 9.93. The van der Waals surface area contributed by atoms with Crippen LogP contribution in [0.15, 0.2) is 54.6 Å². The molecule has 1 amide bonds. The van der Waals surface area contributed by atoms with E-state index in [4.69, 9.17) is 0 Å². The largest absolute Gasteiger partial charge is 0.324 e. The fraction of sp³-hybridized carbons (Fsp3) is 0.500. The minimum Gasteiger partial charge on any atom is -0.324 e. The van der Waals surface area contributed by atoms with Crippen LogP contribution in [0.2, 0.25) is 0 Å². The van der Waals surface area contributed by atoms with E-state index >= 15 is 0 Å². The number of carbonyl (C=O) groups excluding carboxylic acids is 1. The quantitative estimate of drug-likeness (QED) is 0.446. The Labute approximate surface area is 207 Å². The van der Waals surface area contributed by atoms with Gasteiger partial charge >= 0.3 is 0 Å². The molecular formula is C30H45FN2O. The van der Waals surface area contributed by atoms with Crippen molar-refractivity contribution in [1.29, 1.82) is 0 Å². The van der Waals surface area contributed by atoms with Gasteiger partial charge in [0.25, 0.3) is 0 Å². The number of rotatable bonds is 5. The lowest BCUT2D eigenvalue weighted by atomic mass is 9.89. The van der Waals surface area contributed by atoms with Crippen LogP contribution in [-0.2, 0) is 11.3 Å². The average molecular weight is 469 g/mol. The van der Waals surface area contributed by atoms with Crippen LogP contribution in [-0.4, -0.2) is 23.4 Å². The van der Waals surface area contributed by atoms with Crippen LogP contribution in [0.4, 0.5) is 10.1 Å². The van der Waals surface area contributed by atoms with Crippen LogP contribution in [0.3, 0.4) is 0 Å². The Morgan fingerprint density at radius 2 is 1.79 bits per heavy atom. The van der Waals surface area contributed by atoms with Crippen LogP contribution >= 0.6 is 0 Å². The second-order valence-electron chi connectivity index (χ2n) is 9.93. The molecule has 1 aliphatic heterocycles. The SMILES string of the molecule is C=C(C)CC(C)(C)C.CC.CCCN1Cc2cc(-c3ccccc3F)ccc2NC(=O)C1CC. The highest BCUT2D eigenvalue weighted by Crippen LogP contribution is 2.30. The Bertz CT molecular complexity index is 930. The van der Waals surface area contributed by atoms with E-state index in [0.717, 1.165) is 42.6 Å². The molecule has 34 heavy (non-hydrogen) atoms. The molecule has 0 aliphatic carbocycles. The van der Waals surface area contributed by atoms with Crippen molar-refractivity contribution in [3.63, 3.8) is 0 Å². The summed E-state index contributed by atoms with van der Waals surface area (Å²) in [5.41, 5.74) is 4.99. The fourth-order valence-electron chi connectivity index (χ4n) is 4.29. The van der Waals surface area contributed by atoms with E-state index in [2.05, 4.69) is 51.4 Å². The lowest BCUT2D eigenvalue weighted by Crippen LogP contribution is -2.41. The van der Waals surface area contributed by atoms with E-state index in [0.29, 0.717) is 17.5 Å². The number of fused-ring (bicyclic) bond motifs is 1. The van der Waals surface area contributed by atoms with Crippen molar-refractivity contribution in [3.05, 3.63) is 66.0 Å². The number of allylic oxidation sites excluding steroid dienone is 1. The molecule has 1 unspecified atom stereocenters. The molecule has 0 aromatic heterocycles. The molecule has 4 heteroatoms. The van der Waals surface area contributed by atoms with E-state index in [-0.39, 0.29) is 17.8 Å². The molecule has 0 saturated heterocycles. The first kappa shape index (κ1) is 29.6. The standard InChI is InChI=1S/C20H23FN2O.C8H16.C2H6/c1-3-11-23-13-15-12-14(16-7-5-6-8-17(16)21)9-10-18(15)22-20(24)19(23)4-2;1-7(2)6-8(3,4)5;1-2/h5-10,12,19H,3-4,11,13H2,1-2H3,(H,22,24);1,6H2,2-5H3;1-2H3. The van der Waals surface area contributed by atoms with E-state index in [1.807, 2.05) is 45.0 Å². The Hall–Kier alpha value is -2.46. The van der Waals surface area contributed by atoms with Crippen molar-refractivity contribution >= 4 is 11.6 Å². The van der Waals surface area contributed by atoms with Gasteiger partial charge in [-0.15, -0.1) is 6.58 Å². The summed E-state index contributed by atoms with van der Waals surface area (Å²) in [6.45, 7) is 22.3. The predicted octanol–water partition coefficient (Wildman–Crippen LogP) is 8.46. The number of hydrogen-bond donors (Lipinski definition) is 1. The number of halogens is 1. The Morgan fingerprint density at radius 3 is 2.29 bits per heavy atom. The van der Waals surface area contributed by atoms with E-state index in [1.165, 1.54) is 11.6 Å².